The summed E-state index contributed by atoms with van der Waals surface area (Å²) in [5.74, 6) is -0.852. The minimum atomic E-state index is -1.06. The van der Waals surface area contributed by atoms with Crippen LogP contribution < -0.4 is 5.32 Å². The summed E-state index contributed by atoms with van der Waals surface area (Å²) in [6.07, 6.45) is 1.78. The molecule has 0 aliphatic rings. The molecule has 1 amide bonds. The Morgan fingerprint density at radius 1 is 1.22 bits per heavy atom. The first kappa shape index (κ1) is 19.6. The highest BCUT2D eigenvalue weighted by molar-refractivity contribution is 8.14. The third-order valence-electron chi connectivity index (χ3n) is 3.13. The third-order valence-corrected chi connectivity index (χ3v) is 5.16. The largest absolute Gasteiger partial charge is 0.480 e. The lowest BCUT2D eigenvalue weighted by Gasteiger charge is -2.25. The van der Waals surface area contributed by atoms with Crippen LogP contribution in [0.4, 0.5) is 0 Å². The Hall–Kier alpha value is -1.47. The third kappa shape index (κ3) is 6.27. The highest BCUT2D eigenvalue weighted by Gasteiger charge is 2.32. The number of amides is 1. The van der Waals surface area contributed by atoms with Crippen molar-refractivity contribution in [3.8, 4) is 0 Å². The maximum absolute atomic E-state index is 12.3. The fraction of sp³-hybridized carbons (Fsp3) is 0.438. The highest BCUT2D eigenvalue weighted by atomic mass is 32.2. The minimum absolute atomic E-state index is 0.106. The van der Waals surface area contributed by atoms with Crippen LogP contribution in [0.15, 0.2) is 30.3 Å². The second kappa shape index (κ2) is 8.98. The molecule has 5 nitrogen and oxygen atoms in total. The monoisotopic (exact) mass is 355 g/mol. The minimum Gasteiger partial charge on any atom is -0.480 e. The van der Waals surface area contributed by atoms with E-state index in [1.54, 1.807) is 44.4 Å². The fourth-order valence-electron chi connectivity index (χ4n) is 1.66. The van der Waals surface area contributed by atoms with Gasteiger partial charge in [0.25, 0.3) is 0 Å². The van der Waals surface area contributed by atoms with Crippen molar-refractivity contribution in [1.29, 1.82) is 0 Å². The molecule has 0 aliphatic heterocycles. The van der Waals surface area contributed by atoms with E-state index in [1.807, 2.05) is 6.07 Å². The quantitative estimate of drug-likeness (QED) is 0.745. The SMILES string of the molecule is CSC[C@H](NC(=O)C(C)(C)CSC(=O)c1ccccc1)C(=O)O. The van der Waals surface area contributed by atoms with E-state index >= 15 is 0 Å². The van der Waals surface area contributed by atoms with Gasteiger partial charge in [-0.25, -0.2) is 4.79 Å². The molecule has 1 atom stereocenters. The number of carboxylic acid groups (broad SMARTS) is 1. The van der Waals surface area contributed by atoms with Gasteiger partial charge in [-0.15, -0.1) is 0 Å². The number of carboxylic acids is 1. The van der Waals surface area contributed by atoms with Crippen molar-refractivity contribution >= 4 is 40.5 Å². The van der Waals surface area contributed by atoms with Crippen LogP contribution in [0.2, 0.25) is 0 Å². The molecule has 0 unspecified atom stereocenters. The first-order valence-corrected chi connectivity index (χ1v) is 9.40. The van der Waals surface area contributed by atoms with Gasteiger partial charge in [-0.1, -0.05) is 55.9 Å². The Labute approximate surface area is 144 Å². The second-order valence-electron chi connectivity index (χ2n) is 5.65. The number of rotatable bonds is 8. The van der Waals surface area contributed by atoms with Crippen LogP contribution in [-0.4, -0.2) is 45.9 Å². The van der Waals surface area contributed by atoms with Gasteiger partial charge in [-0.3, -0.25) is 9.59 Å². The Morgan fingerprint density at radius 3 is 2.35 bits per heavy atom. The molecule has 2 N–H and O–H groups in total. The summed E-state index contributed by atoms with van der Waals surface area (Å²) in [5.41, 5.74) is -0.263. The van der Waals surface area contributed by atoms with Crippen LogP contribution in [0.25, 0.3) is 0 Å². The van der Waals surface area contributed by atoms with E-state index in [0.29, 0.717) is 11.3 Å². The average molecular weight is 355 g/mol. The van der Waals surface area contributed by atoms with Gasteiger partial charge in [0.1, 0.15) is 6.04 Å². The Morgan fingerprint density at radius 2 is 1.83 bits per heavy atom. The molecule has 0 aliphatic carbocycles. The lowest BCUT2D eigenvalue weighted by Crippen LogP contribution is -2.48. The molecule has 0 bridgehead atoms. The van der Waals surface area contributed by atoms with Crippen molar-refractivity contribution in [3.63, 3.8) is 0 Å². The van der Waals surface area contributed by atoms with Crippen molar-refractivity contribution in [2.75, 3.05) is 17.8 Å². The lowest BCUT2D eigenvalue weighted by molar-refractivity contribution is -0.142. The number of hydrogen-bond acceptors (Lipinski definition) is 5. The van der Waals surface area contributed by atoms with Crippen LogP contribution in [0.5, 0.6) is 0 Å². The van der Waals surface area contributed by atoms with E-state index in [9.17, 15) is 14.4 Å². The van der Waals surface area contributed by atoms with Gasteiger partial charge in [-0.2, -0.15) is 11.8 Å². The van der Waals surface area contributed by atoms with Crippen molar-refractivity contribution in [2.24, 2.45) is 5.41 Å². The first-order chi connectivity index (χ1) is 10.8. The summed E-state index contributed by atoms with van der Waals surface area (Å²) < 4.78 is 0. The molecule has 1 aromatic carbocycles. The highest BCUT2D eigenvalue weighted by Crippen LogP contribution is 2.25. The Bertz CT molecular complexity index is 560. The van der Waals surface area contributed by atoms with Gasteiger partial charge in [0.15, 0.2) is 0 Å². The van der Waals surface area contributed by atoms with E-state index in [0.717, 1.165) is 11.8 Å². The molecule has 1 aromatic rings. The summed E-state index contributed by atoms with van der Waals surface area (Å²) in [7, 11) is 0. The zero-order chi connectivity index (χ0) is 17.5. The van der Waals surface area contributed by atoms with Gasteiger partial charge < -0.3 is 10.4 Å². The average Bonchev–Trinajstić information content (AvgIpc) is 2.52. The molecule has 0 radical (unpaired) electrons. The lowest BCUT2D eigenvalue weighted by atomic mass is 9.95. The molecule has 0 saturated carbocycles. The van der Waals surface area contributed by atoms with Gasteiger partial charge in [-0.05, 0) is 6.26 Å². The molecular weight excluding hydrogens is 334 g/mol. The predicted octanol–water partition coefficient (Wildman–Crippen LogP) is 2.52. The zero-order valence-corrected chi connectivity index (χ0v) is 15.0. The number of aliphatic carboxylic acids is 1. The molecule has 0 aromatic heterocycles. The molecule has 7 heteroatoms. The van der Waals surface area contributed by atoms with Gasteiger partial charge in [0, 0.05) is 17.1 Å². The van der Waals surface area contributed by atoms with Crippen LogP contribution in [0.3, 0.4) is 0 Å². The van der Waals surface area contributed by atoms with Crippen LogP contribution in [0, 0.1) is 5.41 Å². The number of hydrogen-bond donors (Lipinski definition) is 2. The summed E-state index contributed by atoms with van der Waals surface area (Å²) >= 11 is 2.41. The van der Waals surface area contributed by atoms with E-state index in [-0.39, 0.29) is 16.8 Å². The molecule has 0 fully saturated rings. The topological polar surface area (TPSA) is 83.5 Å². The summed E-state index contributed by atoms with van der Waals surface area (Å²) in [5, 5.41) is 11.5. The van der Waals surface area contributed by atoms with Crippen molar-refractivity contribution in [2.45, 2.75) is 19.9 Å². The number of carbonyl (C=O) groups is 3. The molecular formula is C16H21NO4S2. The first-order valence-electron chi connectivity index (χ1n) is 7.03. The fourth-order valence-corrected chi connectivity index (χ4v) is 3.15. The standard InChI is InChI=1S/C16H21NO4S2/c1-16(2,15(21)17-12(9-22-3)13(18)19)10-23-14(20)11-7-5-4-6-8-11/h4-8,12H,9-10H2,1-3H3,(H,17,21)(H,18,19)/t12-/m0/s1. The van der Waals surface area contributed by atoms with Gasteiger partial charge in [0.05, 0.1) is 5.41 Å². The second-order valence-corrected chi connectivity index (χ2v) is 7.50. The maximum atomic E-state index is 12.3. The summed E-state index contributed by atoms with van der Waals surface area (Å²) in [6, 6.07) is 7.92. The van der Waals surface area contributed by atoms with Crippen molar-refractivity contribution < 1.29 is 19.5 Å². The number of nitrogens with one attached hydrogen (secondary N) is 1. The number of carbonyl (C=O) groups excluding carboxylic acids is 2. The Balaban J connectivity index is 2.62. The van der Waals surface area contributed by atoms with Crippen molar-refractivity contribution in [3.05, 3.63) is 35.9 Å². The maximum Gasteiger partial charge on any atom is 0.327 e. The van der Waals surface area contributed by atoms with Crippen molar-refractivity contribution in [1.82, 2.24) is 5.32 Å². The molecule has 0 saturated heterocycles. The molecule has 0 spiro atoms. The van der Waals surface area contributed by atoms with Crippen LogP contribution in [0.1, 0.15) is 24.2 Å². The van der Waals surface area contributed by atoms with E-state index in [4.69, 9.17) is 5.11 Å². The van der Waals surface area contributed by atoms with Gasteiger partial charge >= 0.3 is 5.97 Å². The van der Waals surface area contributed by atoms with E-state index in [2.05, 4.69) is 5.32 Å². The molecule has 126 valence electrons. The van der Waals surface area contributed by atoms with E-state index in [1.165, 1.54) is 11.8 Å². The molecule has 0 heterocycles. The zero-order valence-electron chi connectivity index (χ0n) is 13.4. The smallest absolute Gasteiger partial charge is 0.327 e. The van der Waals surface area contributed by atoms with Crippen LogP contribution >= 0.6 is 23.5 Å². The predicted molar refractivity (Wildman–Crippen MR) is 95.0 cm³/mol. The Kier molecular flexibility index (Phi) is 7.64. The number of benzene rings is 1. The summed E-state index contributed by atoms with van der Waals surface area (Å²) in [4.78, 5) is 35.5. The van der Waals surface area contributed by atoms with Gasteiger partial charge in [0.2, 0.25) is 11.0 Å². The van der Waals surface area contributed by atoms with E-state index < -0.39 is 17.4 Å². The summed E-state index contributed by atoms with van der Waals surface area (Å²) in [6.45, 7) is 3.40. The molecule has 23 heavy (non-hydrogen) atoms. The number of thioether (sulfide) groups is 2. The molecule has 1 rings (SSSR count). The van der Waals surface area contributed by atoms with Crippen LogP contribution in [-0.2, 0) is 9.59 Å². The normalized spacial score (nSPS) is 12.5.